The summed E-state index contributed by atoms with van der Waals surface area (Å²) in [6, 6.07) is 0.706. The Bertz CT molecular complexity index is 275. The summed E-state index contributed by atoms with van der Waals surface area (Å²) in [6.45, 7) is 7.68. The number of aliphatic hydroxyl groups excluding tert-OH is 1. The number of hydrogen-bond donors (Lipinski definition) is 1. The molecule has 0 aromatic heterocycles. The van der Waals surface area contributed by atoms with Gasteiger partial charge in [0.25, 0.3) is 0 Å². The van der Waals surface area contributed by atoms with Crippen molar-refractivity contribution in [3.8, 4) is 0 Å². The van der Waals surface area contributed by atoms with Crippen LogP contribution in [0.2, 0.25) is 0 Å². The van der Waals surface area contributed by atoms with E-state index in [9.17, 15) is 5.11 Å². The van der Waals surface area contributed by atoms with E-state index in [4.69, 9.17) is 4.74 Å². The lowest BCUT2D eigenvalue weighted by Gasteiger charge is -2.51. The van der Waals surface area contributed by atoms with Crippen molar-refractivity contribution < 1.29 is 14.3 Å². The molecule has 2 saturated carbocycles. The van der Waals surface area contributed by atoms with Crippen molar-refractivity contribution in [2.45, 2.75) is 44.8 Å². The van der Waals surface area contributed by atoms with Crippen LogP contribution >= 0.6 is 0 Å². The van der Waals surface area contributed by atoms with Gasteiger partial charge in [0.2, 0.25) is 0 Å². The van der Waals surface area contributed by atoms with Crippen molar-refractivity contribution >= 4 is 0 Å². The minimum atomic E-state index is -0.00172. The normalized spacial score (nSPS) is 44.8. The maximum Gasteiger partial charge on any atom is 0.103 e. The number of aliphatic hydroxyl groups is 1. The first-order valence-electron chi connectivity index (χ1n) is 7.38. The molecule has 1 N–H and O–H groups in total. The van der Waals surface area contributed by atoms with E-state index in [0.717, 1.165) is 26.3 Å². The SMILES string of the molecule is CC[N+]1([C@@H]2CC[C@H]3CC[C@@H]2[C@@H]3O)CCOCC1. The molecule has 0 radical (unpaired) electrons. The van der Waals surface area contributed by atoms with Gasteiger partial charge in [-0.1, -0.05) is 0 Å². The molecule has 0 aromatic carbocycles. The lowest BCUT2D eigenvalue weighted by Crippen LogP contribution is -2.64. The molecule has 2 bridgehead atoms. The Hall–Kier alpha value is -0.120. The van der Waals surface area contributed by atoms with Gasteiger partial charge < -0.3 is 14.3 Å². The number of fused-ring (bicyclic) bond motifs is 2. The molecule has 3 rings (SSSR count). The second-order valence-corrected chi connectivity index (χ2v) is 6.23. The predicted molar refractivity (Wildman–Crippen MR) is 66.6 cm³/mol. The fourth-order valence-corrected chi connectivity index (χ4v) is 4.70. The fraction of sp³-hybridized carbons (Fsp3) is 1.00. The van der Waals surface area contributed by atoms with Gasteiger partial charge in [-0.05, 0) is 32.1 Å². The molecule has 3 nitrogen and oxygen atoms in total. The van der Waals surface area contributed by atoms with Gasteiger partial charge in [-0.2, -0.15) is 0 Å². The van der Waals surface area contributed by atoms with Crippen molar-refractivity contribution in [1.82, 2.24) is 0 Å². The minimum absolute atomic E-state index is 0.00172. The summed E-state index contributed by atoms with van der Waals surface area (Å²) in [6.07, 6.45) is 5.11. The van der Waals surface area contributed by atoms with E-state index in [1.807, 2.05) is 0 Å². The van der Waals surface area contributed by atoms with Crippen LogP contribution in [-0.2, 0) is 4.74 Å². The van der Waals surface area contributed by atoms with E-state index in [1.54, 1.807) is 0 Å². The first kappa shape index (κ1) is 11.9. The number of rotatable bonds is 2. The number of ether oxygens (including phenoxy) is 1. The molecule has 98 valence electrons. The van der Waals surface area contributed by atoms with E-state index in [2.05, 4.69) is 6.92 Å². The molecule has 3 aliphatic rings. The Morgan fingerprint density at radius 2 is 1.82 bits per heavy atom. The fourth-order valence-electron chi connectivity index (χ4n) is 4.70. The monoisotopic (exact) mass is 240 g/mol. The summed E-state index contributed by atoms with van der Waals surface area (Å²) < 4.78 is 6.76. The van der Waals surface area contributed by atoms with Crippen LogP contribution in [0.25, 0.3) is 0 Å². The molecular formula is C14H26NO2+. The van der Waals surface area contributed by atoms with Crippen molar-refractivity contribution in [1.29, 1.82) is 0 Å². The third-order valence-electron chi connectivity index (χ3n) is 5.82. The third-order valence-corrected chi connectivity index (χ3v) is 5.82. The van der Waals surface area contributed by atoms with Crippen LogP contribution in [0.15, 0.2) is 0 Å². The minimum Gasteiger partial charge on any atom is -0.392 e. The molecule has 17 heavy (non-hydrogen) atoms. The van der Waals surface area contributed by atoms with Crippen LogP contribution in [0.5, 0.6) is 0 Å². The summed E-state index contributed by atoms with van der Waals surface area (Å²) in [4.78, 5) is 0. The van der Waals surface area contributed by atoms with E-state index < -0.39 is 0 Å². The van der Waals surface area contributed by atoms with E-state index in [0.29, 0.717) is 17.9 Å². The van der Waals surface area contributed by atoms with Gasteiger partial charge in [0, 0.05) is 12.3 Å². The van der Waals surface area contributed by atoms with Gasteiger partial charge in [-0.15, -0.1) is 0 Å². The quantitative estimate of drug-likeness (QED) is 0.739. The molecular weight excluding hydrogens is 214 g/mol. The van der Waals surface area contributed by atoms with Crippen molar-refractivity contribution in [3.63, 3.8) is 0 Å². The van der Waals surface area contributed by atoms with Crippen LogP contribution in [0, 0.1) is 11.8 Å². The Morgan fingerprint density at radius 1 is 1.12 bits per heavy atom. The van der Waals surface area contributed by atoms with Crippen LogP contribution in [-0.4, -0.2) is 54.6 Å². The molecule has 1 saturated heterocycles. The molecule has 0 spiro atoms. The van der Waals surface area contributed by atoms with E-state index in [-0.39, 0.29) is 6.10 Å². The first-order valence-corrected chi connectivity index (χ1v) is 7.38. The Morgan fingerprint density at radius 3 is 2.53 bits per heavy atom. The van der Waals surface area contributed by atoms with Gasteiger partial charge in [0.05, 0.1) is 31.9 Å². The zero-order valence-electron chi connectivity index (χ0n) is 11.0. The smallest absolute Gasteiger partial charge is 0.103 e. The van der Waals surface area contributed by atoms with Crippen molar-refractivity contribution in [3.05, 3.63) is 0 Å². The van der Waals surface area contributed by atoms with Crippen molar-refractivity contribution in [2.75, 3.05) is 32.8 Å². The molecule has 0 unspecified atom stereocenters. The highest BCUT2D eigenvalue weighted by atomic mass is 16.5. The Kier molecular flexibility index (Phi) is 3.18. The highest BCUT2D eigenvalue weighted by Gasteiger charge is 2.51. The maximum absolute atomic E-state index is 10.4. The molecule has 4 atom stereocenters. The molecule has 0 aromatic rings. The van der Waals surface area contributed by atoms with Crippen molar-refractivity contribution in [2.24, 2.45) is 11.8 Å². The summed E-state index contributed by atoms with van der Waals surface area (Å²) in [5, 5.41) is 10.4. The number of nitrogens with zero attached hydrogens (tertiary/aromatic N) is 1. The predicted octanol–water partition coefficient (Wildman–Crippen LogP) is 1.40. The topological polar surface area (TPSA) is 29.5 Å². The average molecular weight is 240 g/mol. The van der Waals surface area contributed by atoms with Crippen LogP contribution in [0.3, 0.4) is 0 Å². The zero-order valence-corrected chi connectivity index (χ0v) is 11.0. The molecule has 1 aliphatic heterocycles. The van der Waals surface area contributed by atoms with Gasteiger partial charge in [0.1, 0.15) is 13.1 Å². The van der Waals surface area contributed by atoms with E-state index >= 15 is 0 Å². The summed E-state index contributed by atoms with van der Waals surface area (Å²) in [5.41, 5.74) is 0. The number of morpholine rings is 1. The number of quaternary nitrogens is 1. The summed E-state index contributed by atoms with van der Waals surface area (Å²) in [5.74, 6) is 1.20. The van der Waals surface area contributed by atoms with Gasteiger partial charge in [-0.3, -0.25) is 0 Å². The van der Waals surface area contributed by atoms with Crippen LogP contribution < -0.4 is 0 Å². The number of likely N-dealkylation sites (N-methyl/N-ethyl adjacent to an activating group) is 1. The molecule has 3 heteroatoms. The Balaban J connectivity index is 1.81. The van der Waals surface area contributed by atoms with E-state index in [1.165, 1.54) is 36.7 Å². The molecule has 0 amide bonds. The second-order valence-electron chi connectivity index (χ2n) is 6.23. The highest BCUT2D eigenvalue weighted by Crippen LogP contribution is 2.46. The molecule has 3 fully saturated rings. The molecule has 2 aliphatic carbocycles. The van der Waals surface area contributed by atoms with Crippen LogP contribution in [0.1, 0.15) is 32.6 Å². The van der Waals surface area contributed by atoms with Gasteiger partial charge >= 0.3 is 0 Å². The third kappa shape index (κ3) is 1.83. The maximum atomic E-state index is 10.4. The first-order chi connectivity index (χ1) is 8.27. The largest absolute Gasteiger partial charge is 0.392 e. The summed E-state index contributed by atoms with van der Waals surface area (Å²) in [7, 11) is 0. The summed E-state index contributed by atoms with van der Waals surface area (Å²) >= 11 is 0. The Labute approximate surface area is 104 Å². The lowest BCUT2D eigenvalue weighted by molar-refractivity contribution is -0.961. The van der Waals surface area contributed by atoms with Crippen LogP contribution in [0.4, 0.5) is 0 Å². The zero-order chi connectivity index (χ0) is 11.9. The second kappa shape index (κ2) is 4.52. The van der Waals surface area contributed by atoms with Gasteiger partial charge in [0.15, 0.2) is 0 Å². The molecule has 1 heterocycles. The van der Waals surface area contributed by atoms with Gasteiger partial charge in [-0.25, -0.2) is 0 Å². The average Bonchev–Trinajstić information content (AvgIpc) is 2.63. The highest BCUT2D eigenvalue weighted by molar-refractivity contribution is 4.94. The number of hydrogen-bond acceptors (Lipinski definition) is 2. The standard InChI is InChI=1S/C14H26NO2/c1-2-15(7-9-17-10-8-15)13-6-4-11-3-5-12(13)14(11)16/h11-14,16H,2-10H2,1H3/q+1/t11-,12+,13-,14-/m1/s1. The lowest BCUT2D eigenvalue weighted by atomic mass is 9.80.